The normalized spacial score (nSPS) is 10.9. The third-order valence-corrected chi connectivity index (χ3v) is 2.81. The average molecular weight is 259 g/mol. The predicted octanol–water partition coefficient (Wildman–Crippen LogP) is 1.70. The van der Waals surface area contributed by atoms with Crippen molar-refractivity contribution in [2.75, 3.05) is 6.61 Å². The van der Waals surface area contributed by atoms with Crippen molar-refractivity contribution in [1.29, 1.82) is 0 Å². The highest BCUT2D eigenvalue weighted by molar-refractivity contribution is 6.35. The Kier molecular flexibility index (Phi) is 3.14. The summed E-state index contributed by atoms with van der Waals surface area (Å²) in [5.74, 6) is 0. The lowest BCUT2D eigenvalue weighted by Gasteiger charge is -2.07. The fraction of sp³-hybridized carbons (Fsp3) is 0.200. The van der Waals surface area contributed by atoms with Gasteiger partial charge in [-0.15, -0.1) is 0 Å². The smallest absolute Gasteiger partial charge is 0.263 e. The highest BCUT2D eigenvalue weighted by Crippen LogP contribution is 2.19. The van der Waals surface area contributed by atoms with Gasteiger partial charge in [0, 0.05) is 0 Å². The molecule has 1 heterocycles. The van der Waals surface area contributed by atoms with E-state index in [0.29, 0.717) is 15.9 Å². The van der Waals surface area contributed by atoms with Crippen LogP contribution in [0, 0.1) is 0 Å². The van der Waals surface area contributed by atoms with Crippen molar-refractivity contribution in [2.24, 2.45) is 0 Å². The number of halogens is 2. The summed E-state index contributed by atoms with van der Waals surface area (Å²) in [4.78, 5) is 16.1. The van der Waals surface area contributed by atoms with E-state index in [2.05, 4.69) is 4.98 Å². The van der Waals surface area contributed by atoms with E-state index in [1.54, 1.807) is 18.2 Å². The number of rotatable bonds is 2. The van der Waals surface area contributed by atoms with E-state index in [1.165, 1.54) is 4.57 Å². The lowest BCUT2D eigenvalue weighted by atomic mass is 10.2. The van der Waals surface area contributed by atoms with E-state index in [4.69, 9.17) is 28.3 Å². The molecule has 4 nitrogen and oxygen atoms in total. The molecule has 2 rings (SSSR count). The maximum absolute atomic E-state index is 12.0. The zero-order valence-corrected chi connectivity index (χ0v) is 9.66. The van der Waals surface area contributed by atoms with Gasteiger partial charge in [-0.3, -0.25) is 9.36 Å². The van der Waals surface area contributed by atoms with E-state index in [1.807, 2.05) is 0 Å². The van der Waals surface area contributed by atoms with Gasteiger partial charge in [-0.1, -0.05) is 17.7 Å². The van der Waals surface area contributed by atoms with Gasteiger partial charge in [0.05, 0.1) is 29.1 Å². The average Bonchev–Trinajstić information content (AvgIpc) is 2.24. The SMILES string of the molecule is O=c1c2c(Cl)cccc2nc(Cl)n1CCO. The summed E-state index contributed by atoms with van der Waals surface area (Å²) in [6.07, 6.45) is 0. The first-order valence-corrected chi connectivity index (χ1v) is 5.36. The number of fused-ring (bicyclic) bond motifs is 1. The molecular weight excluding hydrogens is 251 g/mol. The molecule has 2 aromatic rings. The summed E-state index contributed by atoms with van der Waals surface area (Å²) < 4.78 is 1.19. The van der Waals surface area contributed by atoms with E-state index in [0.717, 1.165) is 0 Å². The van der Waals surface area contributed by atoms with Crippen LogP contribution in [0.2, 0.25) is 10.3 Å². The molecule has 0 saturated heterocycles. The molecule has 0 aliphatic carbocycles. The van der Waals surface area contributed by atoms with Crippen molar-refractivity contribution in [1.82, 2.24) is 9.55 Å². The number of hydrogen-bond acceptors (Lipinski definition) is 3. The summed E-state index contributed by atoms with van der Waals surface area (Å²) >= 11 is 11.8. The lowest BCUT2D eigenvalue weighted by molar-refractivity contribution is 0.274. The Morgan fingerprint density at radius 2 is 2.12 bits per heavy atom. The molecule has 0 aliphatic rings. The van der Waals surface area contributed by atoms with Gasteiger partial charge in [0.1, 0.15) is 0 Å². The first-order chi connectivity index (χ1) is 7.65. The maximum Gasteiger partial charge on any atom is 0.263 e. The third-order valence-electron chi connectivity index (χ3n) is 2.21. The minimum atomic E-state index is -0.338. The minimum Gasteiger partial charge on any atom is -0.395 e. The number of hydrogen-bond donors (Lipinski definition) is 1. The largest absolute Gasteiger partial charge is 0.395 e. The summed E-state index contributed by atoms with van der Waals surface area (Å²) in [6.45, 7) is -0.0803. The Morgan fingerprint density at radius 3 is 2.81 bits per heavy atom. The quantitative estimate of drug-likeness (QED) is 0.835. The molecule has 16 heavy (non-hydrogen) atoms. The van der Waals surface area contributed by atoms with E-state index in [9.17, 15) is 4.79 Å². The number of nitrogens with zero attached hydrogens (tertiary/aromatic N) is 2. The van der Waals surface area contributed by atoms with Gasteiger partial charge in [-0.2, -0.15) is 0 Å². The van der Waals surface area contributed by atoms with Gasteiger partial charge in [0.15, 0.2) is 0 Å². The minimum absolute atomic E-state index is 0.0498. The molecule has 0 atom stereocenters. The summed E-state index contributed by atoms with van der Waals surface area (Å²) in [5.41, 5.74) is 0.117. The number of benzene rings is 1. The zero-order chi connectivity index (χ0) is 11.7. The highest BCUT2D eigenvalue weighted by atomic mass is 35.5. The molecule has 0 amide bonds. The van der Waals surface area contributed by atoms with Crippen molar-refractivity contribution >= 4 is 34.1 Å². The molecule has 0 aliphatic heterocycles. The van der Waals surface area contributed by atoms with E-state index >= 15 is 0 Å². The molecule has 84 valence electrons. The van der Waals surface area contributed by atoms with Crippen LogP contribution in [0.4, 0.5) is 0 Å². The Morgan fingerprint density at radius 1 is 1.38 bits per heavy atom. The second kappa shape index (κ2) is 4.41. The van der Waals surface area contributed by atoms with Crippen LogP contribution in [0.1, 0.15) is 0 Å². The maximum atomic E-state index is 12.0. The molecule has 1 N–H and O–H groups in total. The molecule has 1 aromatic heterocycles. The zero-order valence-electron chi connectivity index (χ0n) is 8.15. The summed E-state index contributed by atoms with van der Waals surface area (Å²) in [5, 5.41) is 9.53. The Balaban J connectivity index is 2.86. The van der Waals surface area contributed by atoms with Crippen molar-refractivity contribution in [3.8, 4) is 0 Å². The van der Waals surface area contributed by atoms with Gasteiger partial charge >= 0.3 is 0 Å². The fourth-order valence-corrected chi connectivity index (χ4v) is 1.99. The molecule has 0 spiro atoms. The Bertz CT molecular complexity index is 595. The van der Waals surface area contributed by atoms with Crippen LogP contribution in [0.3, 0.4) is 0 Å². The van der Waals surface area contributed by atoms with Crippen molar-refractivity contribution in [3.05, 3.63) is 38.9 Å². The van der Waals surface area contributed by atoms with Crippen LogP contribution < -0.4 is 5.56 Å². The monoisotopic (exact) mass is 258 g/mol. The molecular formula is C10H8Cl2N2O2. The van der Waals surface area contributed by atoms with Crippen LogP contribution in [-0.4, -0.2) is 21.3 Å². The number of aromatic nitrogens is 2. The second-order valence-corrected chi connectivity index (χ2v) is 3.94. The highest BCUT2D eigenvalue weighted by Gasteiger charge is 2.11. The van der Waals surface area contributed by atoms with E-state index < -0.39 is 0 Å². The Hall–Kier alpha value is -1.10. The first kappa shape index (κ1) is 11.4. The molecule has 1 aromatic carbocycles. The third kappa shape index (κ3) is 1.80. The standard InChI is InChI=1S/C10H8Cl2N2O2/c11-6-2-1-3-7-8(6)9(16)14(4-5-15)10(12)13-7/h1-3,15H,4-5H2. The molecule has 0 unspecified atom stereocenters. The van der Waals surface area contributed by atoms with Crippen LogP contribution in [0.5, 0.6) is 0 Å². The predicted molar refractivity (Wildman–Crippen MR) is 63.1 cm³/mol. The van der Waals surface area contributed by atoms with Gasteiger partial charge in [-0.25, -0.2) is 4.98 Å². The molecule has 0 fully saturated rings. The molecule has 6 heteroatoms. The van der Waals surface area contributed by atoms with Gasteiger partial charge in [-0.05, 0) is 23.7 Å². The van der Waals surface area contributed by atoms with Crippen molar-refractivity contribution in [3.63, 3.8) is 0 Å². The summed E-state index contributed by atoms with van der Waals surface area (Å²) in [6, 6.07) is 4.98. The van der Waals surface area contributed by atoms with Crippen LogP contribution in [0.15, 0.2) is 23.0 Å². The van der Waals surface area contributed by atoms with Gasteiger partial charge in [0.25, 0.3) is 5.56 Å². The topological polar surface area (TPSA) is 55.1 Å². The number of aliphatic hydroxyl groups excluding tert-OH is 1. The lowest BCUT2D eigenvalue weighted by Crippen LogP contribution is -2.23. The van der Waals surface area contributed by atoms with Crippen molar-refractivity contribution < 1.29 is 5.11 Å². The Labute approximate surface area is 101 Å². The molecule has 0 radical (unpaired) electrons. The van der Waals surface area contributed by atoms with Crippen LogP contribution in [-0.2, 0) is 6.54 Å². The van der Waals surface area contributed by atoms with E-state index in [-0.39, 0.29) is 24.0 Å². The first-order valence-electron chi connectivity index (χ1n) is 4.60. The van der Waals surface area contributed by atoms with Gasteiger partial charge < -0.3 is 5.11 Å². The van der Waals surface area contributed by atoms with Gasteiger partial charge in [0.2, 0.25) is 5.28 Å². The number of aliphatic hydroxyl groups is 1. The molecule has 0 saturated carbocycles. The summed E-state index contributed by atoms with van der Waals surface area (Å²) in [7, 11) is 0. The van der Waals surface area contributed by atoms with Crippen molar-refractivity contribution in [2.45, 2.75) is 6.54 Å². The van der Waals surface area contributed by atoms with Crippen LogP contribution in [0.25, 0.3) is 10.9 Å². The van der Waals surface area contributed by atoms with Crippen LogP contribution >= 0.6 is 23.2 Å². The molecule has 0 bridgehead atoms. The fourth-order valence-electron chi connectivity index (χ4n) is 1.49. The second-order valence-electron chi connectivity index (χ2n) is 3.20.